The van der Waals surface area contributed by atoms with Gasteiger partial charge in [0.05, 0.1) is 32.0 Å². The molecule has 35 heavy (non-hydrogen) atoms. The Morgan fingerprint density at radius 2 is 1.06 bits per heavy atom. The molecule has 0 radical (unpaired) electrons. The average molecular weight is 472 g/mol. The van der Waals surface area contributed by atoms with E-state index in [-0.39, 0.29) is 6.61 Å². The number of aliphatic hydroxyl groups is 1. The van der Waals surface area contributed by atoms with Crippen LogP contribution in [0, 0.1) is 0 Å². The Labute approximate surface area is 205 Å². The van der Waals surface area contributed by atoms with Gasteiger partial charge in [-0.05, 0) is 22.2 Å². The van der Waals surface area contributed by atoms with Crippen LogP contribution >= 0.6 is 0 Å². The van der Waals surface area contributed by atoms with Crippen molar-refractivity contribution >= 4 is 0 Å². The monoisotopic (exact) mass is 471 g/mol. The highest BCUT2D eigenvalue weighted by Crippen LogP contribution is 2.27. The number of rotatable bonds is 10. The van der Waals surface area contributed by atoms with Crippen molar-refractivity contribution in [3.05, 3.63) is 130 Å². The first kappa shape index (κ1) is 24.7. The number of benzene rings is 3. The molecule has 0 bridgehead atoms. The summed E-state index contributed by atoms with van der Waals surface area (Å²) in [5.74, 6) is 0. The van der Waals surface area contributed by atoms with Gasteiger partial charge in [-0.15, -0.1) is 0 Å². The van der Waals surface area contributed by atoms with Gasteiger partial charge in [-0.3, -0.25) is 0 Å². The van der Waals surface area contributed by atoms with Crippen LogP contribution in [0.25, 0.3) is 10.4 Å². The van der Waals surface area contributed by atoms with Crippen molar-refractivity contribution < 1.29 is 19.3 Å². The van der Waals surface area contributed by atoms with Crippen molar-refractivity contribution in [2.24, 2.45) is 5.11 Å². The lowest BCUT2D eigenvalue weighted by Gasteiger charge is -2.35. The maximum atomic E-state index is 11.0. The third-order valence-corrected chi connectivity index (χ3v) is 5.87. The van der Waals surface area contributed by atoms with Crippen LogP contribution in [0.15, 0.2) is 108 Å². The molecule has 0 saturated heterocycles. The minimum atomic E-state index is -0.971. The molecule has 0 aromatic heterocycles. The second-order valence-corrected chi connectivity index (χ2v) is 8.35. The number of ether oxygens (including phenoxy) is 3. The summed E-state index contributed by atoms with van der Waals surface area (Å²) in [6, 6.07) is 28.6. The Balaban J connectivity index is 1.61. The standard InChI is InChI=1S/C28H29N3O4/c29-31-30-24-16-17-25(32)27(34-19-22-12-6-2-7-13-22)28(35-20-23-14-8-3-9-15-23)26(24)33-18-21-10-4-1-5-11-21/h1-17,24-28,32H,18-20H2/t24-,25-,26+,27-,28-/m1/s1. The van der Waals surface area contributed by atoms with E-state index in [1.54, 1.807) is 12.2 Å². The van der Waals surface area contributed by atoms with Gasteiger partial charge in [0, 0.05) is 4.91 Å². The second-order valence-electron chi connectivity index (χ2n) is 8.35. The van der Waals surface area contributed by atoms with Gasteiger partial charge in [0.25, 0.3) is 0 Å². The third kappa shape index (κ3) is 7.02. The summed E-state index contributed by atoms with van der Waals surface area (Å²) in [5.41, 5.74) is 12.2. The molecular weight excluding hydrogens is 442 g/mol. The van der Waals surface area contributed by atoms with Crippen LogP contribution in [0.2, 0.25) is 0 Å². The van der Waals surface area contributed by atoms with Crippen LogP contribution in [0.1, 0.15) is 16.7 Å². The summed E-state index contributed by atoms with van der Waals surface area (Å²) in [6.45, 7) is 0.875. The molecule has 5 atom stereocenters. The molecule has 7 heteroatoms. The molecule has 180 valence electrons. The van der Waals surface area contributed by atoms with Crippen LogP contribution in [0.4, 0.5) is 0 Å². The molecular formula is C28H29N3O4. The highest BCUT2D eigenvalue weighted by atomic mass is 16.6. The molecule has 0 unspecified atom stereocenters. The minimum absolute atomic E-state index is 0.289. The Bertz CT molecular complexity index is 1100. The minimum Gasteiger partial charge on any atom is -0.386 e. The third-order valence-electron chi connectivity index (χ3n) is 5.87. The van der Waals surface area contributed by atoms with Crippen LogP contribution in [0.3, 0.4) is 0 Å². The zero-order valence-electron chi connectivity index (χ0n) is 19.3. The van der Waals surface area contributed by atoms with Crippen LogP contribution < -0.4 is 0 Å². The highest BCUT2D eigenvalue weighted by Gasteiger charge is 2.41. The normalized spacial score (nSPS) is 23.9. The number of azide groups is 1. The molecule has 0 fully saturated rings. The fourth-order valence-electron chi connectivity index (χ4n) is 4.06. The Morgan fingerprint density at radius 1 is 0.629 bits per heavy atom. The molecule has 0 spiro atoms. The van der Waals surface area contributed by atoms with Gasteiger partial charge in [-0.25, -0.2) is 0 Å². The van der Waals surface area contributed by atoms with Gasteiger partial charge >= 0.3 is 0 Å². The SMILES string of the molecule is [N-]=[N+]=N[C@@H]1C=C[C@@H](O)[C@@H](OCc2ccccc2)[C@H](OCc2ccccc2)[C@H]1OCc1ccccc1. The van der Waals surface area contributed by atoms with Crippen molar-refractivity contribution in [2.75, 3.05) is 0 Å². The fourth-order valence-corrected chi connectivity index (χ4v) is 4.06. The zero-order chi connectivity index (χ0) is 24.3. The molecule has 0 aliphatic heterocycles. The number of aliphatic hydroxyl groups excluding tert-OH is 1. The lowest BCUT2D eigenvalue weighted by molar-refractivity contribution is -0.171. The predicted molar refractivity (Wildman–Crippen MR) is 133 cm³/mol. The smallest absolute Gasteiger partial charge is 0.116 e. The average Bonchev–Trinajstić information content (AvgIpc) is 3.03. The van der Waals surface area contributed by atoms with E-state index in [1.165, 1.54) is 0 Å². The molecule has 4 rings (SSSR count). The first-order chi connectivity index (χ1) is 17.2. The molecule has 0 heterocycles. The molecule has 1 N–H and O–H groups in total. The van der Waals surface area contributed by atoms with E-state index in [2.05, 4.69) is 10.0 Å². The summed E-state index contributed by atoms with van der Waals surface area (Å²) >= 11 is 0. The molecule has 7 nitrogen and oxygen atoms in total. The van der Waals surface area contributed by atoms with E-state index in [0.717, 1.165) is 16.7 Å². The summed E-state index contributed by atoms with van der Waals surface area (Å²) in [6.07, 6.45) is 0.174. The van der Waals surface area contributed by atoms with Crippen LogP contribution in [0.5, 0.6) is 0 Å². The quantitative estimate of drug-likeness (QED) is 0.186. The van der Waals surface area contributed by atoms with Gasteiger partial charge in [0.15, 0.2) is 0 Å². The number of hydrogen-bond acceptors (Lipinski definition) is 5. The van der Waals surface area contributed by atoms with Gasteiger partial charge in [0.1, 0.15) is 18.3 Å². The van der Waals surface area contributed by atoms with Crippen LogP contribution in [-0.4, -0.2) is 35.6 Å². The van der Waals surface area contributed by atoms with Gasteiger partial charge < -0.3 is 19.3 Å². The van der Waals surface area contributed by atoms with Crippen molar-refractivity contribution in [3.63, 3.8) is 0 Å². The molecule has 1 aliphatic carbocycles. The lowest BCUT2D eigenvalue weighted by atomic mass is 10.0. The molecule has 0 saturated carbocycles. The van der Waals surface area contributed by atoms with Gasteiger partial charge in [-0.2, -0.15) is 0 Å². The first-order valence-electron chi connectivity index (χ1n) is 11.6. The Kier molecular flexibility index (Phi) is 9.06. The summed E-state index contributed by atoms with van der Waals surface area (Å²) in [7, 11) is 0. The first-order valence-corrected chi connectivity index (χ1v) is 11.6. The second kappa shape index (κ2) is 12.9. The van der Waals surface area contributed by atoms with Gasteiger partial charge in [-0.1, -0.05) is 108 Å². The van der Waals surface area contributed by atoms with Crippen molar-refractivity contribution in [2.45, 2.75) is 50.3 Å². The zero-order valence-corrected chi connectivity index (χ0v) is 19.3. The van der Waals surface area contributed by atoms with E-state index < -0.39 is 30.5 Å². The molecule has 0 amide bonds. The van der Waals surface area contributed by atoms with Crippen LogP contribution in [-0.2, 0) is 34.0 Å². The molecule has 3 aromatic carbocycles. The molecule has 1 aliphatic rings. The summed E-state index contributed by atoms with van der Waals surface area (Å²) in [4.78, 5) is 3.02. The van der Waals surface area contributed by atoms with E-state index >= 15 is 0 Å². The van der Waals surface area contributed by atoms with Crippen molar-refractivity contribution in [1.29, 1.82) is 0 Å². The van der Waals surface area contributed by atoms with E-state index in [4.69, 9.17) is 14.2 Å². The van der Waals surface area contributed by atoms with Gasteiger partial charge in [0.2, 0.25) is 0 Å². The predicted octanol–water partition coefficient (Wildman–Crippen LogP) is 5.35. The topological polar surface area (TPSA) is 96.7 Å². The summed E-state index contributed by atoms with van der Waals surface area (Å²) < 4.78 is 18.9. The Hall–Kier alpha value is -3.45. The maximum Gasteiger partial charge on any atom is 0.116 e. The van der Waals surface area contributed by atoms with E-state index in [1.807, 2.05) is 91.0 Å². The van der Waals surface area contributed by atoms with E-state index in [9.17, 15) is 10.6 Å². The molecule has 3 aromatic rings. The summed E-state index contributed by atoms with van der Waals surface area (Å²) in [5, 5.41) is 15.0. The fraction of sp³-hybridized carbons (Fsp3) is 0.286. The number of hydrogen-bond donors (Lipinski definition) is 1. The van der Waals surface area contributed by atoms with E-state index in [0.29, 0.717) is 13.2 Å². The largest absolute Gasteiger partial charge is 0.386 e. The number of nitrogens with zero attached hydrogens (tertiary/aromatic N) is 3. The van der Waals surface area contributed by atoms with Crippen molar-refractivity contribution in [3.8, 4) is 0 Å². The van der Waals surface area contributed by atoms with Crippen molar-refractivity contribution in [1.82, 2.24) is 0 Å². The lowest BCUT2D eigenvalue weighted by Crippen LogP contribution is -2.49. The highest BCUT2D eigenvalue weighted by molar-refractivity contribution is 5.17. The maximum absolute atomic E-state index is 11.0. The Morgan fingerprint density at radius 3 is 1.51 bits per heavy atom.